The van der Waals surface area contributed by atoms with Gasteiger partial charge >= 0.3 is 0 Å². The van der Waals surface area contributed by atoms with E-state index in [2.05, 4.69) is 12.0 Å². The quantitative estimate of drug-likeness (QED) is 0.686. The zero-order valence-electron chi connectivity index (χ0n) is 11.2. The summed E-state index contributed by atoms with van der Waals surface area (Å²) in [5, 5.41) is 4.18. The van der Waals surface area contributed by atoms with E-state index in [0.717, 1.165) is 13.0 Å². The summed E-state index contributed by atoms with van der Waals surface area (Å²) in [6.07, 6.45) is 5.81. The molecule has 0 amide bonds. The van der Waals surface area contributed by atoms with E-state index in [0.29, 0.717) is 18.4 Å². The van der Waals surface area contributed by atoms with E-state index in [1.165, 1.54) is 0 Å². The van der Waals surface area contributed by atoms with Crippen molar-refractivity contribution in [1.82, 2.24) is 9.78 Å². The lowest BCUT2D eigenvalue weighted by Gasteiger charge is -2.27. The Kier molecular flexibility index (Phi) is 4.87. The molecule has 96 valence electrons. The van der Waals surface area contributed by atoms with Gasteiger partial charge in [-0.05, 0) is 19.3 Å². The zero-order valence-corrected chi connectivity index (χ0v) is 11.2. The Labute approximate surface area is 103 Å². The minimum absolute atomic E-state index is 0.0346. The normalized spacial score (nSPS) is 11.8. The maximum Gasteiger partial charge on any atom is 0.197 e. The topological polar surface area (TPSA) is 44.1 Å². The average Bonchev–Trinajstić information content (AvgIpc) is 2.81. The lowest BCUT2D eigenvalue weighted by atomic mass is 9.89. The third-order valence-corrected chi connectivity index (χ3v) is 3.29. The summed E-state index contributed by atoms with van der Waals surface area (Å²) in [7, 11) is 1.60. The van der Waals surface area contributed by atoms with Crippen molar-refractivity contribution in [3.8, 4) is 0 Å². The molecule has 1 heterocycles. The zero-order chi connectivity index (χ0) is 12.9. The van der Waals surface area contributed by atoms with Crippen molar-refractivity contribution in [3.63, 3.8) is 0 Å². The molecule has 0 atom stereocenters. The van der Waals surface area contributed by atoms with E-state index in [-0.39, 0.29) is 5.78 Å². The van der Waals surface area contributed by atoms with Gasteiger partial charge in [-0.2, -0.15) is 5.10 Å². The summed E-state index contributed by atoms with van der Waals surface area (Å²) in [4.78, 5) is 12.4. The molecule has 0 N–H and O–H groups in total. The van der Waals surface area contributed by atoms with Gasteiger partial charge in [0, 0.05) is 19.9 Å². The Bertz CT molecular complexity index is 359. The summed E-state index contributed by atoms with van der Waals surface area (Å²) in [5.41, 5.74) is -0.0518. The van der Waals surface area contributed by atoms with Crippen LogP contribution in [0.1, 0.15) is 50.4 Å². The van der Waals surface area contributed by atoms with Crippen molar-refractivity contribution in [2.24, 2.45) is 0 Å². The highest BCUT2D eigenvalue weighted by atomic mass is 16.5. The molecule has 1 rings (SSSR count). The number of rotatable bonds is 7. The number of aromatic nitrogens is 2. The van der Waals surface area contributed by atoms with E-state index in [1.54, 1.807) is 18.0 Å². The van der Waals surface area contributed by atoms with E-state index >= 15 is 0 Å². The predicted molar refractivity (Wildman–Crippen MR) is 67.2 cm³/mol. The number of nitrogens with zero attached hydrogens (tertiary/aromatic N) is 2. The van der Waals surface area contributed by atoms with Gasteiger partial charge in [0.1, 0.15) is 5.60 Å². The van der Waals surface area contributed by atoms with Crippen molar-refractivity contribution >= 4 is 5.78 Å². The van der Waals surface area contributed by atoms with Crippen LogP contribution in [-0.2, 0) is 11.3 Å². The van der Waals surface area contributed by atoms with Crippen LogP contribution >= 0.6 is 0 Å². The standard InChI is InChI=1S/C13H22N2O2/c1-5-8-15-10-11(9-14-15)12(16)13(6-2,7-3)17-4/h9-10H,5-8H2,1-4H3. The number of Topliss-reactive ketones (excluding diaryl/α,β-unsaturated/α-hetero) is 1. The van der Waals surface area contributed by atoms with Crippen LogP contribution in [0.25, 0.3) is 0 Å². The lowest BCUT2D eigenvalue weighted by molar-refractivity contribution is -0.00262. The van der Waals surface area contributed by atoms with Crippen molar-refractivity contribution < 1.29 is 9.53 Å². The second-order valence-corrected chi connectivity index (χ2v) is 4.23. The number of methoxy groups -OCH3 is 1. The number of aryl methyl sites for hydroxylation is 1. The predicted octanol–water partition coefficient (Wildman–Crippen LogP) is 2.68. The summed E-state index contributed by atoms with van der Waals surface area (Å²) >= 11 is 0. The fourth-order valence-corrected chi connectivity index (χ4v) is 2.05. The van der Waals surface area contributed by atoms with Gasteiger partial charge in [0.25, 0.3) is 0 Å². The average molecular weight is 238 g/mol. The molecule has 17 heavy (non-hydrogen) atoms. The fourth-order valence-electron chi connectivity index (χ4n) is 2.05. The molecule has 1 aromatic heterocycles. The van der Waals surface area contributed by atoms with Gasteiger partial charge in [-0.1, -0.05) is 20.8 Å². The number of carbonyl (C=O) groups excluding carboxylic acids is 1. The Morgan fingerprint density at radius 2 is 2.06 bits per heavy atom. The molecule has 4 nitrogen and oxygen atoms in total. The Morgan fingerprint density at radius 3 is 2.53 bits per heavy atom. The van der Waals surface area contributed by atoms with E-state index in [9.17, 15) is 4.79 Å². The van der Waals surface area contributed by atoms with Crippen molar-refractivity contribution in [2.45, 2.75) is 52.2 Å². The van der Waals surface area contributed by atoms with Crippen molar-refractivity contribution in [1.29, 1.82) is 0 Å². The Hall–Kier alpha value is -1.16. The highest BCUT2D eigenvalue weighted by Gasteiger charge is 2.35. The van der Waals surface area contributed by atoms with Crippen LogP contribution in [0.15, 0.2) is 12.4 Å². The fraction of sp³-hybridized carbons (Fsp3) is 0.692. The molecule has 4 heteroatoms. The van der Waals surface area contributed by atoms with Crippen LogP contribution in [0, 0.1) is 0 Å². The minimum Gasteiger partial charge on any atom is -0.370 e. The maximum atomic E-state index is 12.4. The number of ketones is 1. The van der Waals surface area contributed by atoms with Crippen LogP contribution in [0.5, 0.6) is 0 Å². The molecule has 0 spiro atoms. The van der Waals surface area contributed by atoms with Gasteiger partial charge in [0.2, 0.25) is 0 Å². The number of ether oxygens (including phenoxy) is 1. The van der Waals surface area contributed by atoms with Crippen molar-refractivity contribution in [2.75, 3.05) is 7.11 Å². The van der Waals surface area contributed by atoms with E-state index < -0.39 is 5.60 Å². The first-order valence-electron chi connectivity index (χ1n) is 6.25. The molecule has 0 saturated carbocycles. The highest BCUT2D eigenvalue weighted by Crippen LogP contribution is 2.24. The summed E-state index contributed by atoms with van der Waals surface area (Å²) in [6, 6.07) is 0. The number of hydrogen-bond acceptors (Lipinski definition) is 3. The Balaban J connectivity index is 2.93. The molecule has 0 bridgehead atoms. The molecule has 1 aromatic rings. The number of carbonyl (C=O) groups is 1. The monoisotopic (exact) mass is 238 g/mol. The molecule has 0 aliphatic rings. The molecule has 0 radical (unpaired) electrons. The molecular formula is C13H22N2O2. The first kappa shape index (κ1) is 13.9. The molecule has 0 saturated heterocycles. The molecule has 0 unspecified atom stereocenters. The van der Waals surface area contributed by atoms with E-state index in [4.69, 9.17) is 4.74 Å². The highest BCUT2D eigenvalue weighted by molar-refractivity contribution is 6.02. The maximum absolute atomic E-state index is 12.4. The van der Waals surface area contributed by atoms with Crippen molar-refractivity contribution in [3.05, 3.63) is 18.0 Å². The van der Waals surface area contributed by atoms with Crippen LogP contribution < -0.4 is 0 Å². The molecule has 0 aliphatic heterocycles. The van der Waals surface area contributed by atoms with Gasteiger partial charge in [-0.25, -0.2) is 0 Å². The van der Waals surface area contributed by atoms with Gasteiger partial charge in [0.15, 0.2) is 5.78 Å². The molecule has 0 aliphatic carbocycles. The molecule has 0 fully saturated rings. The van der Waals surface area contributed by atoms with Gasteiger partial charge in [0.05, 0.1) is 11.8 Å². The SMILES string of the molecule is CCCn1cc(C(=O)C(CC)(CC)OC)cn1. The summed E-state index contributed by atoms with van der Waals surface area (Å²) in [6.45, 7) is 6.87. The minimum atomic E-state index is -0.694. The van der Waals surface area contributed by atoms with E-state index in [1.807, 2.05) is 20.0 Å². The lowest BCUT2D eigenvalue weighted by Crippen LogP contribution is -2.39. The first-order chi connectivity index (χ1) is 8.13. The first-order valence-corrected chi connectivity index (χ1v) is 6.25. The third kappa shape index (κ3) is 2.75. The second-order valence-electron chi connectivity index (χ2n) is 4.23. The van der Waals surface area contributed by atoms with Gasteiger partial charge in [-0.15, -0.1) is 0 Å². The van der Waals surface area contributed by atoms with Crippen LogP contribution in [0.2, 0.25) is 0 Å². The third-order valence-electron chi connectivity index (χ3n) is 3.29. The largest absolute Gasteiger partial charge is 0.370 e. The summed E-state index contributed by atoms with van der Waals surface area (Å²) in [5.74, 6) is 0.0346. The van der Waals surface area contributed by atoms with Gasteiger partial charge < -0.3 is 4.74 Å². The van der Waals surface area contributed by atoms with Crippen LogP contribution in [-0.4, -0.2) is 28.3 Å². The summed E-state index contributed by atoms with van der Waals surface area (Å²) < 4.78 is 7.24. The smallest absolute Gasteiger partial charge is 0.197 e. The molecular weight excluding hydrogens is 216 g/mol. The molecule has 0 aromatic carbocycles. The Morgan fingerprint density at radius 1 is 1.41 bits per heavy atom. The second kappa shape index (κ2) is 5.96. The van der Waals surface area contributed by atoms with Gasteiger partial charge in [-0.3, -0.25) is 9.48 Å². The number of hydrogen-bond donors (Lipinski definition) is 0. The van der Waals surface area contributed by atoms with Crippen LogP contribution in [0.4, 0.5) is 0 Å². The van der Waals surface area contributed by atoms with Crippen LogP contribution in [0.3, 0.4) is 0 Å².